The van der Waals surface area contributed by atoms with E-state index in [4.69, 9.17) is 0 Å². The maximum atomic E-state index is 11.3. The summed E-state index contributed by atoms with van der Waals surface area (Å²) in [6, 6.07) is 5.76. The van der Waals surface area contributed by atoms with Crippen LogP contribution in [0.15, 0.2) is 18.2 Å². The molecule has 1 fully saturated rings. The number of carboxylic acid groups (broad SMARTS) is 1. The molecule has 0 unspecified atom stereocenters. The van der Waals surface area contributed by atoms with Crippen LogP contribution in [0.4, 0.5) is 5.95 Å². The Morgan fingerprint density at radius 3 is 2.82 bits per heavy atom. The van der Waals surface area contributed by atoms with Gasteiger partial charge in [-0.2, -0.15) is 0 Å². The molecule has 1 aliphatic heterocycles. The van der Waals surface area contributed by atoms with E-state index in [9.17, 15) is 9.90 Å². The van der Waals surface area contributed by atoms with Gasteiger partial charge >= 0.3 is 5.97 Å². The summed E-state index contributed by atoms with van der Waals surface area (Å²) in [5, 5.41) is 9.27. The molecule has 2 heterocycles. The van der Waals surface area contributed by atoms with Gasteiger partial charge < -0.3 is 15.0 Å². The number of aromatic nitrogens is 2. The van der Waals surface area contributed by atoms with E-state index < -0.39 is 5.97 Å². The lowest BCUT2D eigenvalue weighted by Gasteiger charge is -2.24. The lowest BCUT2D eigenvalue weighted by molar-refractivity contribution is 0.0699. The van der Waals surface area contributed by atoms with Gasteiger partial charge in [-0.25, -0.2) is 9.78 Å². The number of carbonyl (C=O) groups is 1. The fourth-order valence-corrected chi connectivity index (χ4v) is 3.01. The Morgan fingerprint density at radius 1 is 1.27 bits per heavy atom. The maximum Gasteiger partial charge on any atom is 0.337 e. The molecule has 1 aromatic heterocycles. The smallest absolute Gasteiger partial charge is 0.337 e. The molecule has 0 saturated carbocycles. The van der Waals surface area contributed by atoms with E-state index in [2.05, 4.69) is 33.6 Å². The van der Waals surface area contributed by atoms with Gasteiger partial charge in [-0.3, -0.25) is 4.90 Å². The van der Waals surface area contributed by atoms with Gasteiger partial charge in [0, 0.05) is 32.2 Å². The lowest BCUT2D eigenvalue weighted by Crippen LogP contribution is -2.35. The molecule has 1 saturated heterocycles. The number of anilines is 1. The van der Waals surface area contributed by atoms with Crippen molar-refractivity contribution in [3.63, 3.8) is 0 Å². The van der Waals surface area contributed by atoms with Crippen LogP contribution in [-0.4, -0.2) is 58.2 Å². The Morgan fingerprint density at radius 2 is 2.09 bits per heavy atom. The summed E-state index contributed by atoms with van der Waals surface area (Å²) in [6.45, 7) is 8.37. The highest BCUT2D eigenvalue weighted by molar-refractivity contribution is 6.01. The van der Waals surface area contributed by atoms with E-state index in [1.165, 1.54) is 0 Å². The van der Waals surface area contributed by atoms with Crippen LogP contribution in [0.5, 0.6) is 0 Å². The largest absolute Gasteiger partial charge is 0.478 e. The van der Waals surface area contributed by atoms with Crippen molar-refractivity contribution in [3.8, 4) is 0 Å². The SMILES string of the molecule is CC(C)N1CCCN(c2nc3c(C(=O)O)cccc3[nH]2)CC1. The van der Waals surface area contributed by atoms with Crippen molar-refractivity contribution in [3.05, 3.63) is 23.8 Å². The molecule has 6 nitrogen and oxygen atoms in total. The molecule has 0 bridgehead atoms. The number of aromatic carboxylic acids is 1. The molecule has 3 rings (SSSR count). The molecule has 1 aromatic carbocycles. The molecule has 6 heteroatoms. The van der Waals surface area contributed by atoms with E-state index in [0.29, 0.717) is 11.6 Å². The van der Waals surface area contributed by atoms with Gasteiger partial charge in [-0.15, -0.1) is 0 Å². The highest BCUT2D eigenvalue weighted by Gasteiger charge is 2.20. The van der Waals surface area contributed by atoms with Crippen LogP contribution in [0.3, 0.4) is 0 Å². The normalized spacial score (nSPS) is 17.1. The number of nitrogens with zero attached hydrogens (tertiary/aromatic N) is 3. The summed E-state index contributed by atoms with van der Waals surface area (Å²) in [5.74, 6) is -0.167. The Bertz CT molecular complexity index is 680. The Kier molecular flexibility index (Phi) is 4.02. The first-order valence-electron chi connectivity index (χ1n) is 7.77. The van der Waals surface area contributed by atoms with E-state index in [1.807, 2.05) is 6.07 Å². The average molecular weight is 302 g/mol. The Labute approximate surface area is 129 Å². The number of para-hydroxylation sites is 1. The number of rotatable bonds is 3. The van der Waals surface area contributed by atoms with Crippen LogP contribution in [0.25, 0.3) is 11.0 Å². The van der Waals surface area contributed by atoms with E-state index in [-0.39, 0.29) is 5.56 Å². The quantitative estimate of drug-likeness (QED) is 0.909. The zero-order valence-electron chi connectivity index (χ0n) is 13.0. The third kappa shape index (κ3) is 2.78. The Hall–Kier alpha value is -2.08. The van der Waals surface area contributed by atoms with Gasteiger partial charge in [0.1, 0.15) is 5.52 Å². The number of imidazole rings is 1. The number of nitrogens with one attached hydrogen (secondary N) is 1. The predicted molar refractivity (Wildman–Crippen MR) is 86.6 cm³/mol. The highest BCUT2D eigenvalue weighted by Crippen LogP contribution is 2.22. The van der Waals surface area contributed by atoms with Crippen LogP contribution < -0.4 is 4.90 Å². The van der Waals surface area contributed by atoms with Gasteiger partial charge in [0.2, 0.25) is 5.95 Å². The molecule has 2 N–H and O–H groups in total. The molecule has 1 aliphatic rings. The number of H-pyrrole nitrogens is 1. The summed E-state index contributed by atoms with van der Waals surface area (Å²) >= 11 is 0. The summed E-state index contributed by atoms with van der Waals surface area (Å²) in [5.41, 5.74) is 1.56. The minimum absolute atomic E-state index is 0.249. The van der Waals surface area contributed by atoms with E-state index in [1.54, 1.807) is 12.1 Å². The fraction of sp³-hybridized carbons (Fsp3) is 0.500. The molecule has 0 amide bonds. The molecule has 2 aromatic rings. The number of benzene rings is 1. The predicted octanol–water partition coefficient (Wildman–Crippen LogP) is 2.18. The second-order valence-electron chi connectivity index (χ2n) is 6.04. The van der Waals surface area contributed by atoms with Crippen molar-refractivity contribution in [1.82, 2.24) is 14.9 Å². The topological polar surface area (TPSA) is 72.5 Å². The number of carboxylic acids is 1. The molecule has 0 aliphatic carbocycles. The first kappa shape index (κ1) is 14.8. The minimum atomic E-state index is -0.939. The Balaban J connectivity index is 1.87. The van der Waals surface area contributed by atoms with Crippen LogP contribution in [-0.2, 0) is 0 Å². The monoisotopic (exact) mass is 302 g/mol. The second kappa shape index (κ2) is 5.96. The number of fused-ring (bicyclic) bond motifs is 1. The lowest BCUT2D eigenvalue weighted by atomic mass is 10.2. The number of aromatic amines is 1. The fourth-order valence-electron chi connectivity index (χ4n) is 3.01. The first-order valence-corrected chi connectivity index (χ1v) is 7.77. The first-order chi connectivity index (χ1) is 10.6. The molecule has 0 radical (unpaired) electrons. The summed E-state index contributed by atoms with van der Waals surface area (Å²) < 4.78 is 0. The van der Waals surface area contributed by atoms with Gasteiger partial charge in [0.25, 0.3) is 0 Å². The highest BCUT2D eigenvalue weighted by atomic mass is 16.4. The van der Waals surface area contributed by atoms with Crippen LogP contribution >= 0.6 is 0 Å². The zero-order valence-corrected chi connectivity index (χ0v) is 13.0. The molecule has 118 valence electrons. The van der Waals surface area contributed by atoms with Crippen molar-refractivity contribution in [2.45, 2.75) is 26.3 Å². The number of hydrogen-bond donors (Lipinski definition) is 2. The summed E-state index contributed by atoms with van der Waals surface area (Å²) in [4.78, 5) is 23.8. The van der Waals surface area contributed by atoms with Crippen LogP contribution in [0.1, 0.15) is 30.6 Å². The summed E-state index contributed by atoms with van der Waals surface area (Å²) in [7, 11) is 0. The molecular formula is C16H22N4O2. The average Bonchev–Trinajstić information content (AvgIpc) is 2.75. The zero-order chi connectivity index (χ0) is 15.7. The van der Waals surface area contributed by atoms with Crippen LogP contribution in [0.2, 0.25) is 0 Å². The van der Waals surface area contributed by atoms with Crippen molar-refractivity contribution in [2.24, 2.45) is 0 Å². The van der Waals surface area contributed by atoms with E-state index in [0.717, 1.165) is 44.1 Å². The van der Waals surface area contributed by atoms with Crippen molar-refractivity contribution in [1.29, 1.82) is 0 Å². The van der Waals surface area contributed by atoms with Crippen molar-refractivity contribution in [2.75, 3.05) is 31.1 Å². The molecule has 0 spiro atoms. The molecular weight excluding hydrogens is 280 g/mol. The van der Waals surface area contributed by atoms with Crippen LogP contribution in [0, 0.1) is 0 Å². The maximum absolute atomic E-state index is 11.3. The minimum Gasteiger partial charge on any atom is -0.478 e. The third-order valence-electron chi connectivity index (χ3n) is 4.29. The third-order valence-corrected chi connectivity index (χ3v) is 4.29. The van der Waals surface area contributed by atoms with Gasteiger partial charge in [0.15, 0.2) is 0 Å². The van der Waals surface area contributed by atoms with Gasteiger partial charge in [-0.1, -0.05) is 6.07 Å². The standard InChI is InChI=1S/C16H22N4O2/c1-11(2)19-7-4-8-20(10-9-19)16-17-13-6-3-5-12(15(21)22)14(13)18-16/h3,5-6,11H,4,7-10H2,1-2H3,(H,17,18)(H,21,22). The second-order valence-corrected chi connectivity index (χ2v) is 6.04. The molecule has 22 heavy (non-hydrogen) atoms. The van der Waals surface area contributed by atoms with Crippen molar-refractivity contribution >= 4 is 23.0 Å². The molecule has 0 atom stereocenters. The van der Waals surface area contributed by atoms with Gasteiger partial charge in [-0.05, 0) is 32.4 Å². The van der Waals surface area contributed by atoms with Gasteiger partial charge in [0.05, 0.1) is 11.1 Å². The number of hydrogen-bond acceptors (Lipinski definition) is 4. The van der Waals surface area contributed by atoms with Crippen molar-refractivity contribution < 1.29 is 9.90 Å². The van der Waals surface area contributed by atoms with E-state index >= 15 is 0 Å². The summed E-state index contributed by atoms with van der Waals surface area (Å²) in [6.07, 6.45) is 1.08.